The summed E-state index contributed by atoms with van der Waals surface area (Å²) in [6.07, 6.45) is -3.89. The molecule has 1 unspecified atom stereocenters. The topological polar surface area (TPSA) is 121 Å². The standard InChI is InChI=1S/C54H47ClF6N12/c1-32(23-37-9-5-6-10-40(37)49-51-43(70(4)30-64-51)26-47(66-49)62-28-35-13-17-38(18-14-35)72-33(2)24-45(68-72)53(56,57)58)21-22-71-31-65-52-44(71)27-48(67-50(52)41-11-7-8-12-42(41)55)63-29-36-15-19-39(20-16-36)73-34(3)25-46(69-73)54(59,60)61/h5-20,24-27,30-32H,21-23,28-29H2,1-4H3,(H,62,66)(H,63,67). The molecule has 0 radical (unpaired) electrons. The first-order valence-corrected chi connectivity index (χ1v) is 23.8. The predicted molar refractivity (Wildman–Crippen MR) is 271 cm³/mol. The van der Waals surface area contributed by atoms with Gasteiger partial charge in [-0.1, -0.05) is 85.3 Å². The van der Waals surface area contributed by atoms with Crippen molar-refractivity contribution in [1.29, 1.82) is 0 Å². The van der Waals surface area contributed by atoms with Gasteiger partial charge in [0.2, 0.25) is 0 Å². The van der Waals surface area contributed by atoms with Crippen LogP contribution < -0.4 is 10.6 Å². The number of imidazole rings is 2. The van der Waals surface area contributed by atoms with Gasteiger partial charge in [-0.3, -0.25) is 0 Å². The van der Waals surface area contributed by atoms with Crippen LogP contribution in [0.3, 0.4) is 0 Å². The van der Waals surface area contributed by atoms with Gasteiger partial charge in [0.25, 0.3) is 0 Å². The van der Waals surface area contributed by atoms with E-state index in [2.05, 4.69) is 44.5 Å². The van der Waals surface area contributed by atoms with E-state index in [1.54, 1.807) is 44.4 Å². The molecule has 10 aromatic rings. The zero-order valence-corrected chi connectivity index (χ0v) is 40.7. The van der Waals surface area contributed by atoms with Crippen LogP contribution in [0.5, 0.6) is 0 Å². The number of hydrogen-bond acceptors (Lipinski definition) is 8. The number of benzene rings is 4. The number of rotatable bonds is 15. The number of nitrogens with one attached hydrogen (secondary N) is 2. The molecule has 0 bridgehead atoms. The summed E-state index contributed by atoms with van der Waals surface area (Å²) in [7, 11) is 1.94. The molecule has 1 atom stereocenters. The average molecular weight is 1010 g/mol. The monoisotopic (exact) mass is 1010 g/mol. The van der Waals surface area contributed by atoms with E-state index in [0.29, 0.717) is 70.3 Å². The summed E-state index contributed by atoms with van der Waals surface area (Å²) in [6, 6.07) is 36.1. The van der Waals surface area contributed by atoms with E-state index in [1.807, 2.05) is 90.7 Å². The Balaban J connectivity index is 0.854. The van der Waals surface area contributed by atoms with Crippen molar-refractivity contribution in [1.82, 2.24) is 48.6 Å². The van der Waals surface area contributed by atoms with E-state index in [-0.39, 0.29) is 5.92 Å². The molecule has 73 heavy (non-hydrogen) atoms. The minimum atomic E-state index is -4.54. The Morgan fingerprint density at radius 3 is 1.64 bits per heavy atom. The summed E-state index contributed by atoms with van der Waals surface area (Å²) in [6.45, 7) is 6.86. The van der Waals surface area contributed by atoms with Crippen LogP contribution in [-0.4, -0.2) is 48.6 Å². The lowest BCUT2D eigenvalue weighted by Crippen LogP contribution is -2.08. The van der Waals surface area contributed by atoms with E-state index in [4.69, 9.17) is 31.5 Å². The fourth-order valence-corrected chi connectivity index (χ4v) is 9.21. The Kier molecular flexibility index (Phi) is 13.0. The smallest absolute Gasteiger partial charge is 0.366 e. The average Bonchev–Trinajstić information content (AvgIpc) is 4.17. The maximum Gasteiger partial charge on any atom is 0.435 e. The summed E-state index contributed by atoms with van der Waals surface area (Å²) in [5, 5.41) is 15.0. The van der Waals surface area contributed by atoms with Crippen molar-refractivity contribution in [3.63, 3.8) is 0 Å². The van der Waals surface area contributed by atoms with E-state index < -0.39 is 23.7 Å². The molecule has 0 saturated heterocycles. The van der Waals surface area contributed by atoms with Crippen LogP contribution in [0.25, 0.3) is 56.0 Å². The molecule has 0 saturated carbocycles. The number of halogens is 7. The second-order valence-electron chi connectivity index (χ2n) is 18.2. The first-order valence-electron chi connectivity index (χ1n) is 23.4. The van der Waals surface area contributed by atoms with Crippen LogP contribution in [0.2, 0.25) is 5.02 Å². The second kappa shape index (κ2) is 19.6. The largest absolute Gasteiger partial charge is 0.435 e. The maximum atomic E-state index is 13.3. The molecule has 0 aliphatic heterocycles. The maximum absolute atomic E-state index is 13.3. The number of hydrogen-bond donors (Lipinski definition) is 2. The van der Waals surface area contributed by atoms with Crippen molar-refractivity contribution < 1.29 is 26.3 Å². The van der Waals surface area contributed by atoms with E-state index in [1.165, 1.54) is 9.36 Å². The van der Waals surface area contributed by atoms with E-state index in [9.17, 15) is 26.3 Å². The third kappa shape index (κ3) is 10.2. The molecule has 0 aliphatic rings. The van der Waals surface area contributed by atoms with E-state index >= 15 is 0 Å². The first kappa shape index (κ1) is 48.6. The minimum absolute atomic E-state index is 0.226. The van der Waals surface area contributed by atoms with Gasteiger partial charge in [-0.2, -0.15) is 36.5 Å². The van der Waals surface area contributed by atoms with E-state index in [0.717, 1.165) is 75.0 Å². The Morgan fingerprint density at radius 2 is 1.10 bits per heavy atom. The number of aryl methyl sites for hydroxylation is 4. The number of pyridine rings is 2. The zero-order valence-electron chi connectivity index (χ0n) is 39.9. The van der Waals surface area contributed by atoms with Crippen molar-refractivity contribution in [3.8, 4) is 33.9 Å². The molecule has 4 aromatic carbocycles. The van der Waals surface area contributed by atoms with Crippen LogP contribution in [0.1, 0.15) is 52.8 Å². The third-order valence-electron chi connectivity index (χ3n) is 12.8. The van der Waals surface area contributed by atoms with Crippen LogP contribution >= 0.6 is 11.6 Å². The molecule has 6 heterocycles. The summed E-state index contributed by atoms with van der Waals surface area (Å²) in [5.74, 6) is 1.47. The number of alkyl halides is 6. The van der Waals surface area contributed by atoms with Crippen LogP contribution in [0.15, 0.2) is 134 Å². The van der Waals surface area contributed by atoms with Gasteiger partial charge in [-0.05, 0) is 91.8 Å². The van der Waals surface area contributed by atoms with Crippen molar-refractivity contribution >= 4 is 45.3 Å². The van der Waals surface area contributed by atoms with Gasteiger partial charge < -0.3 is 19.8 Å². The lowest BCUT2D eigenvalue weighted by molar-refractivity contribution is -0.142. The molecular weight excluding hydrogens is 966 g/mol. The predicted octanol–water partition coefficient (Wildman–Crippen LogP) is 13.2. The first-order chi connectivity index (χ1) is 35.0. The number of fused-ring (bicyclic) bond motifs is 2. The highest BCUT2D eigenvalue weighted by Gasteiger charge is 2.35. The fraction of sp³-hybridized carbons (Fsp3) is 0.222. The normalized spacial score (nSPS) is 12.5. The molecule has 6 aromatic heterocycles. The molecule has 19 heteroatoms. The molecule has 0 aliphatic carbocycles. The van der Waals surface area contributed by atoms with Crippen molar-refractivity contribution in [2.45, 2.75) is 65.6 Å². The Labute approximate surface area is 420 Å². The van der Waals surface area contributed by atoms with Crippen molar-refractivity contribution in [2.75, 3.05) is 10.6 Å². The fourth-order valence-electron chi connectivity index (χ4n) is 8.99. The summed E-state index contributed by atoms with van der Waals surface area (Å²) in [4.78, 5) is 19.7. The van der Waals surface area contributed by atoms with Gasteiger partial charge >= 0.3 is 12.4 Å². The van der Waals surface area contributed by atoms with Gasteiger partial charge in [-0.15, -0.1) is 0 Å². The number of aromatic nitrogens is 10. The lowest BCUT2D eigenvalue weighted by atomic mass is 9.93. The highest BCUT2D eigenvalue weighted by atomic mass is 35.5. The van der Waals surface area contributed by atoms with Crippen LogP contribution in [-0.2, 0) is 45.5 Å². The quantitative estimate of drug-likeness (QED) is 0.0974. The SMILES string of the molecule is Cc1cc(C(F)(F)F)nn1-c1ccc(CNc2cc3c(ncn3C)c(-c3ccccc3CC(C)CCn3cnc4c(-c5ccccc5Cl)nc(NCc5ccc(-n6nc(C(F)(F)F)cc6C)cc5)cc43)n2)cc1. The van der Waals surface area contributed by atoms with Crippen LogP contribution in [0, 0.1) is 19.8 Å². The zero-order chi connectivity index (χ0) is 51.2. The van der Waals surface area contributed by atoms with Gasteiger partial charge in [0.15, 0.2) is 11.4 Å². The molecule has 372 valence electrons. The van der Waals surface area contributed by atoms with Crippen LogP contribution in [0.4, 0.5) is 38.0 Å². The van der Waals surface area contributed by atoms with Gasteiger partial charge in [-0.25, -0.2) is 29.3 Å². The van der Waals surface area contributed by atoms with Crippen molar-refractivity contribution in [2.24, 2.45) is 13.0 Å². The Morgan fingerprint density at radius 1 is 0.603 bits per heavy atom. The highest BCUT2D eigenvalue weighted by molar-refractivity contribution is 6.33. The van der Waals surface area contributed by atoms with Gasteiger partial charge in [0, 0.05) is 61.3 Å². The summed E-state index contributed by atoms with van der Waals surface area (Å²) >= 11 is 6.75. The molecular formula is C54H47ClF6N12. The summed E-state index contributed by atoms with van der Waals surface area (Å²) in [5.41, 5.74) is 9.17. The molecule has 12 nitrogen and oxygen atoms in total. The lowest BCUT2D eigenvalue weighted by Gasteiger charge is -2.17. The van der Waals surface area contributed by atoms with Gasteiger partial charge in [0.1, 0.15) is 34.1 Å². The molecule has 0 spiro atoms. The highest BCUT2D eigenvalue weighted by Crippen LogP contribution is 2.36. The third-order valence-corrected chi connectivity index (χ3v) is 13.1. The number of nitrogens with zero attached hydrogens (tertiary/aromatic N) is 10. The van der Waals surface area contributed by atoms with Gasteiger partial charge in [0.05, 0.1) is 40.1 Å². The molecule has 10 rings (SSSR count). The second-order valence-corrected chi connectivity index (χ2v) is 18.6. The Bertz CT molecular complexity index is 3610. The van der Waals surface area contributed by atoms with Crippen molar-refractivity contribution in [3.05, 3.63) is 178 Å². The molecule has 2 N–H and O–H groups in total. The number of anilines is 2. The Hall–Kier alpha value is -7.99. The minimum Gasteiger partial charge on any atom is -0.366 e. The molecule has 0 amide bonds. The molecule has 0 fully saturated rings. The summed E-state index contributed by atoms with van der Waals surface area (Å²) < 4.78 is 86.7.